The standard InChI is InChI=1S/C13H13Cl2NO4/c14-8-2-1-3-9(15)11(8)12(17)16-6-7-4-5-10(20-7)13(18)19/h1-3,7,10H,4-6H2,(H,16,17)(H,18,19). The molecule has 0 spiro atoms. The molecule has 7 heteroatoms. The van der Waals surface area contributed by atoms with Crippen molar-refractivity contribution in [3.8, 4) is 0 Å². The summed E-state index contributed by atoms with van der Waals surface area (Å²) < 4.78 is 5.29. The van der Waals surface area contributed by atoms with Gasteiger partial charge in [0.1, 0.15) is 0 Å². The van der Waals surface area contributed by atoms with E-state index >= 15 is 0 Å². The van der Waals surface area contributed by atoms with Gasteiger partial charge in [0.2, 0.25) is 0 Å². The van der Waals surface area contributed by atoms with Gasteiger partial charge in [0.25, 0.3) is 5.91 Å². The first-order valence-corrected chi connectivity index (χ1v) is 6.85. The number of hydrogen-bond donors (Lipinski definition) is 2. The number of nitrogens with one attached hydrogen (secondary N) is 1. The van der Waals surface area contributed by atoms with Gasteiger partial charge in [0, 0.05) is 6.54 Å². The van der Waals surface area contributed by atoms with E-state index in [-0.39, 0.29) is 28.3 Å². The van der Waals surface area contributed by atoms with Crippen molar-refractivity contribution in [2.45, 2.75) is 25.0 Å². The first-order valence-electron chi connectivity index (χ1n) is 6.09. The molecule has 5 nitrogen and oxygen atoms in total. The summed E-state index contributed by atoms with van der Waals surface area (Å²) in [6.45, 7) is 0.226. The predicted octanol–water partition coefficient (Wildman–Crippen LogP) is 2.36. The summed E-state index contributed by atoms with van der Waals surface area (Å²) in [7, 11) is 0. The number of halogens is 2. The molecule has 1 aliphatic rings. The van der Waals surface area contributed by atoms with E-state index < -0.39 is 18.0 Å². The Labute approximate surface area is 125 Å². The number of carboxylic acid groups (broad SMARTS) is 1. The molecule has 0 radical (unpaired) electrons. The quantitative estimate of drug-likeness (QED) is 0.893. The fourth-order valence-corrected chi connectivity index (χ4v) is 2.62. The van der Waals surface area contributed by atoms with Crippen LogP contribution in [0.15, 0.2) is 18.2 Å². The summed E-state index contributed by atoms with van der Waals surface area (Å²) in [5, 5.41) is 12.0. The molecular weight excluding hydrogens is 305 g/mol. The maximum atomic E-state index is 12.0. The van der Waals surface area contributed by atoms with Crippen molar-refractivity contribution in [2.75, 3.05) is 6.54 Å². The van der Waals surface area contributed by atoms with Crippen molar-refractivity contribution >= 4 is 35.1 Å². The molecule has 2 N–H and O–H groups in total. The van der Waals surface area contributed by atoms with Gasteiger partial charge in [-0.25, -0.2) is 4.79 Å². The topological polar surface area (TPSA) is 75.6 Å². The van der Waals surface area contributed by atoms with Crippen LogP contribution in [-0.4, -0.2) is 35.7 Å². The Bertz CT molecular complexity index is 515. The molecule has 0 aromatic heterocycles. The van der Waals surface area contributed by atoms with Gasteiger partial charge in [-0.15, -0.1) is 0 Å². The lowest BCUT2D eigenvalue weighted by Gasteiger charge is -2.13. The minimum Gasteiger partial charge on any atom is -0.479 e. The zero-order valence-corrected chi connectivity index (χ0v) is 11.9. The highest BCUT2D eigenvalue weighted by atomic mass is 35.5. The molecule has 1 aliphatic heterocycles. The molecule has 1 fully saturated rings. The average molecular weight is 318 g/mol. The molecule has 1 aromatic rings. The minimum absolute atomic E-state index is 0.212. The Morgan fingerprint density at radius 1 is 1.30 bits per heavy atom. The third kappa shape index (κ3) is 3.42. The number of ether oxygens (including phenoxy) is 1. The van der Waals surface area contributed by atoms with Crippen LogP contribution in [0.3, 0.4) is 0 Å². The molecule has 2 unspecified atom stereocenters. The first kappa shape index (κ1) is 15.1. The van der Waals surface area contributed by atoms with E-state index in [0.29, 0.717) is 12.8 Å². The third-order valence-electron chi connectivity index (χ3n) is 3.06. The number of carbonyl (C=O) groups is 2. The van der Waals surface area contributed by atoms with Gasteiger partial charge in [-0.2, -0.15) is 0 Å². The van der Waals surface area contributed by atoms with Crippen LogP contribution in [0.5, 0.6) is 0 Å². The van der Waals surface area contributed by atoms with Crippen LogP contribution in [0, 0.1) is 0 Å². The second kappa shape index (κ2) is 6.43. The Hall–Kier alpha value is -1.30. The molecule has 108 valence electrons. The number of carboxylic acids is 1. The summed E-state index contributed by atoms with van der Waals surface area (Å²) in [4.78, 5) is 22.8. The maximum absolute atomic E-state index is 12.0. The number of benzene rings is 1. The van der Waals surface area contributed by atoms with E-state index in [9.17, 15) is 9.59 Å². The second-order valence-corrected chi connectivity index (χ2v) is 5.28. The van der Waals surface area contributed by atoms with Gasteiger partial charge in [-0.3, -0.25) is 4.79 Å². The van der Waals surface area contributed by atoms with E-state index in [1.807, 2.05) is 0 Å². The molecule has 2 rings (SSSR count). The molecule has 0 bridgehead atoms. The Morgan fingerprint density at radius 2 is 1.95 bits per heavy atom. The van der Waals surface area contributed by atoms with Gasteiger partial charge < -0.3 is 15.2 Å². The summed E-state index contributed by atoms with van der Waals surface area (Å²) in [6, 6.07) is 4.81. The molecule has 20 heavy (non-hydrogen) atoms. The van der Waals surface area contributed by atoms with Crippen molar-refractivity contribution in [2.24, 2.45) is 0 Å². The van der Waals surface area contributed by atoms with Crippen molar-refractivity contribution < 1.29 is 19.4 Å². The van der Waals surface area contributed by atoms with Crippen LogP contribution in [0.2, 0.25) is 10.0 Å². The van der Waals surface area contributed by atoms with Crippen molar-refractivity contribution in [1.82, 2.24) is 5.32 Å². The largest absolute Gasteiger partial charge is 0.479 e. The number of amides is 1. The number of rotatable bonds is 4. The summed E-state index contributed by atoms with van der Waals surface area (Å²) in [6.07, 6.45) is -0.0573. The number of hydrogen-bond acceptors (Lipinski definition) is 3. The lowest BCUT2D eigenvalue weighted by molar-refractivity contribution is -0.149. The first-order chi connectivity index (χ1) is 9.49. The SMILES string of the molecule is O=C(NCC1CCC(C(=O)O)O1)c1c(Cl)cccc1Cl. The molecule has 0 aliphatic carbocycles. The van der Waals surface area contributed by atoms with Crippen molar-refractivity contribution in [3.05, 3.63) is 33.8 Å². The van der Waals surface area contributed by atoms with Gasteiger partial charge >= 0.3 is 5.97 Å². The van der Waals surface area contributed by atoms with Crippen molar-refractivity contribution in [3.63, 3.8) is 0 Å². The van der Waals surface area contributed by atoms with Crippen LogP contribution in [-0.2, 0) is 9.53 Å². The van der Waals surface area contributed by atoms with Gasteiger partial charge in [-0.1, -0.05) is 29.3 Å². The second-order valence-electron chi connectivity index (χ2n) is 4.47. The Kier molecular flexibility index (Phi) is 4.86. The highest BCUT2D eigenvalue weighted by molar-refractivity contribution is 6.39. The lowest BCUT2D eigenvalue weighted by atomic mass is 10.2. The molecule has 1 amide bonds. The summed E-state index contributed by atoms with van der Waals surface area (Å²) in [5.41, 5.74) is 0.212. The van der Waals surface area contributed by atoms with E-state index in [1.165, 1.54) is 0 Å². The molecular formula is C13H13Cl2NO4. The van der Waals surface area contributed by atoms with Crippen LogP contribution in [0.25, 0.3) is 0 Å². The summed E-state index contributed by atoms with van der Waals surface area (Å²) >= 11 is 11.9. The minimum atomic E-state index is -0.979. The summed E-state index contributed by atoms with van der Waals surface area (Å²) in [5.74, 6) is -1.38. The molecule has 2 atom stereocenters. The van der Waals surface area contributed by atoms with Crippen LogP contribution in [0.1, 0.15) is 23.2 Å². The number of aliphatic carboxylic acids is 1. The monoisotopic (exact) mass is 317 g/mol. The van der Waals surface area contributed by atoms with E-state index in [1.54, 1.807) is 18.2 Å². The highest BCUT2D eigenvalue weighted by Crippen LogP contribution is 2.24. The smallest absolute Gasteiger partial charge is 0.332 e. The van der Waals surface area contributed by atoms with Crippen LogP contribution < -0.4 is 5.32 Å². The maximum Gasteiger partial charge on any atom is 0.332 e. The normalized spacial score (nSPS) is 21.7. The molecule has 1 heterocycles. The zero-order chi connectivity index (χ0) is 14.7. The number of carbonyl (C=O) groups excluding carboxylic acids is 1. The molecule has 1 saturated heterocycles. The van der Waals surface area contributed by atoms with Crippen molar-refractivity contribution in [1.29, 1.82) is 0 Å². The van der Waals surface area contributed by atoms with Crippen LogP contribution >= 0.6 is 23.2 Å². The Morgan fingerprint density at radius 3 is 2.50 bits per heavy atom. The van der Waals surface area contributed by atoms with Crippen LogP contribution in [0.4, 0.5) is 0 Å². The average Bonchev–Trinajstić information content (AvgIpc) is 2.85. The fraction of sp³-hybridized carbons (Fsp3) is 0.385. The fourth-order valence-electron chi connectivity index (χ4n) is 2.05. The Balaban J connectivity index is 1.92. The zero-order valence-electron chi connectivity index (χ0n) is 10.4. The van der Waals surface area contributed by atoms with Gasteiger partial charge in [-0.05, 0) is 25.0 Å². The molecule has 1 aromatic carbocycles. The predicted molar refractivity (Wildman–Crippen MR) is 74.3 cm³/mol. The highest BCUT2D eigenvalue weighted by Gasteiger charge is 2.30. The lowest BCUT2D eigenvalue weighted by Crippen LogP contribution is -2.33. The third-order valence-corrected chi connectivity index (χ3v) is 3.69. The molecule has 0 saturated carbocycles. The van der Waals surface area contributed by atoms with Gasteiger partial charge in [0.15, 0.2) is 6.10 Å². The van der Waals surface area contributed by atoms with E-state index in [0.717, 1.165) is 0 Å². The van der Waals surface area contributed by atoms with E-state index in [2.05, 4.69) is 5.32 Å². The van der Waals surface area contributed by atoms with Gasteiger partial charge in [0.05, 0.1) is 21.7 Å². The van der Waals surface area contributed by atoms with E-state index in [4.69, 9.17) is 33.0 Å².